The Morgan fingerprint density at radius 2 is 2.31 bits per heavy atom. The monoisotopic (exact) mass is 221 g/mol. The molecule has 1 heterocycles. The summed E-state index contributed by atoms with van der Waals surface area (Å²) in [6.45, 7) is 3.26. The van der Waals surface area contributed by atoms with E-state index in [0.29, 0.717) is 12.1 Å². The van der Waals surface area contributed by atoms with Crippen molar-refractivity contribution in [3.8, 4) is 0 Å². The summed E-state index contributed by atoms with van der Waals surface area (Å²) >= 11 is 0. The highest BCUT2D eigenvalue weighted by Crippen LogP contribution is 2.05. The lowest BCUT2D eigenvalue weighted by molar-refractivity contribution is 0.0793. The van der Waals surface area contributed by atoms with Crippen LogP contribution in [0, 0.1) is 0 Å². The van der Waals surface area contributed by atoms with Crippen LogP contribution in [0.5, 0.6) is 0 Å². The summed E-state index contributed by atoms with van der Waals surface area (Å²) in [6.07, 6.45) is 3.74. The zero-order chi connectivity index (χ0) is 12.0. The van der Waals surface area contributed by atoms with Crippen molar-refractivity contribution in [3.63, 3.8) is 0 Å². The molecular formula is C12H19N3O. The molecule has 0 bridgehead atoms. The molecule has 0 aromatic carbocycles. The van der Waals surface area contributed by atoms with Crippen molar-refractivity contribution in [1.29, 1.82) is 0 Å². The second-order valence-electron chi connectivity index (χ2n) is 3.82. The van der Waals surface area contributed by atoms with Gasteiger partial charge in [0.05, 0.1) is 5.69 Å². The number of unbranched alkanes of at least 4 members (excludes halogenated alkanes) is 1. The lowest BCUT2D eigenvalue weighted by atomic mass is 10.2. The van der Waals surface area contributed by atoms with Gasteiger partial charge in [0.2, 0.25) is 0 Å². The molecule has 0 unspecified atom stereocenters. The molecule has 0 spiro atoms. The molecule has 1 rings (SSSR count). The van der Waals surface area contributed by atoms with Crippen LogP contribution in [0.15, 0.2) is 18.3 Å². The lowest BCUT2D eigenvalue weighted by Gasteiger charge is -2.16. The molecule has 0 atom stereocenters. The van der Waals surface area contributed by atoms with Crippen LogP contribution < -0.4 is 5.73 Å². The molecule has 16 heavy (non-hydrogen) atoms. The predicted molar refractivity (Wildman–Crippen MR) is 64.0 cm³/mol. The molecule has 0 fully saturated rings. The van der Waals surface area contributed by atoms with Crippen molar-refractivity contribution in [2.75, 3.05) is 13.6 Å². The van der Waals surface area contributed by atoms with E-state index in [9.17, 15) is 4.79 Å². The minimum Gasteiger partial charge on any atom is -0.342 e. The molecule has 0 aliphatic rings. The molecule has 0 saturated carbocycles. The number of aromatic nitrogens is 1. The average molecular weight is 221 g/mol. The van der Waals surface area contributed by atoms with Crippen molar-refractivity contribution in [1.82, 2.24) is 9.88 Å². The van der Waals surface area contributed by atoms with Gasteiger partial charge in [-0.05, 0) is 18.6 Å². The molecule has 1 aromatic heterocycles. The van der Waals surface area contributed by atoms with Crippen LogP contribution in [0.25, 0.3) is 0 Å². The van der Waals surface area contributed by atoms with Crippen molar-refractivity contribution in [3.05, 3.63) is 29.6 Å². The Morgan fingerprint density at radius 1 is 1.56 bits per heavy atom. The quantitative estimate of drug-likeness (QED) is 0.818. The first-order chi connectivity index (χ1) is 7.69. The van der Waals surface area contributed by atoms with Crippen LogP contribution >= 0.6 is 0 Å². The van der Waals surface area contributed by atoms with E-state index in [0.717, 1.165) is 25.1 Å². The van der Waals surface area contributed by atoms with Crippen LogP contribution in [-0.2, 0) is 6.54 Å². The third-order valence-corrected chi connectivity index (χ3v) is 2.47. The number of hydrogen-bond acceptors (Lipinski definition) is 3. The van der Waals surface area contributed by atoms with Crippen LogP contribution in [0.1, 0.15) is 35.8 Å². The van der Waals surface area contributed by atoms with E-state index >= 15 is 0 Å². The summed E-state index contributed by atoms with van der Waals surface area (Å²) < 4.78 is 0. The van der Waals surface area contributed by atoms with Crippen LogP contribution in [0.2, 0.25) is 0 Å². The van der Waals surface area contributed by atoms with Gasteiger partial charge in [0, 0.05) is 31.9 Å². The van der Waals surface area contributed by atoms with E-state index < -0.39 is 0 Å². The highest BCUT2D eigenvalue weighted by molar-refractivity contribution is 5.94. The standard InChI is InChI=1S/C12H19N3O/c1-3-4-7-15(2)12(16)10-5-6-14-11(8-10)9-13/h5-6,8H,3-4,7,9,13H2,1-2H3. The van der Waals surface area contributed by atoms with Gasteiger partial charge in [0.1, 0.15) is 0 Å². The third-order valence-electron chi connectivity index (χ3n) is 2.47. The maximum absolute atomic E-state index is 12.0. The van der Waals surface area contributed by atoms with Crippen molar-refractivity contribution >= 4 is 5.91 Å². The van der Waals surface area contributed by atoms with Crippen LogP contribution in [-0.4, -0.2) is 29.4 Å². The number of rotatable bonds is 5. The molecule has 0 saturated heterocycles. The number of pyridine rings is 1. The topological polar surface area (TPSA) is 59.2 Å². The molecule has 1 aromatic rings. The van der Waals surface area contributed by atoms with Crippen molar-refractivity contribution in [2.24, 2.45) is 5.73 Å². The van der Waals surface area contributed by atoms with Gasteiger partial charge in [-0.3, -0.25) is 9.78 Å². The first kappa shape index (κ1) is 12.6. The van der Waals surface area contributed by atoms with E-state index in [1.807, 2.05) is 7.05 Å². The Balaban J connectivity index is 2.71. The molecule has 2 N–H and O–H groups in total. The Hall–Kier alpha value is -1.42. The molecule has 0 aliphatic heterocycles. The fraction of sp³-hybridized carbons (Fsp3) is 0.500. The largest absolute Gasteiger partial charge is 0.342 e. The van der Waals surface area contributed by atoms with E-state index in [1.54, 1.807) is 23.2 Å². The Morgan fingerprint density at radius 3 is 2.94 bits per heavy atom. The van der Waals surface area contributed by atoms with Crippen LogP contribution in [0.3, 0.4) is 0 Å². The van der Waals surface area contributed by atoms with E-state index in [-0.39, 0.29) is 5.91 Å². The zero-order valence-electron chi connectivity index (χ0n) is 9.94. The van der Waals surface area contributed by atoms with Gasteiger partial charge in [0.25, 0.3) is 5.91 Å². The van der Waals surface area contributed by atoms with Gasteiger partial charge in [-0.25, -0.2) is 0 Å². The second-order valence-corrected chi connectivity index (χ2v) is 3.82. The average Bonchev–Trinajstić information content (AvgIpc) is 2.35. The summed E-state index contributed by atoms with van der Waals surface area (Å²) in [4.78, 5) is 17.8. The molecule has 88 valence electrons. The first-order valence-corrected chi connectivity index (χ1v) is 5.59. The molecular weight excluding hydrogens is 202 g/mol. The molecule has 0 radical (unpaired) electrons. The summed E-state index contributed by atoms with van der Waals surface area (Å²) in [5.41, 5.74) is 6.89. The minimum atomic E-state index is 0.0329. The van der Waals surface area contributed by atoms with E-state index in [1.165, 1.54) is 0 Å². The first-order valence-electron chi connectivity index (χ1n) is 5.59. The fourth-order valence-corrected chi connectivity index (χ4v) is 1.44. The second kappa shape index (κ2) is 6.23. The Labute approximate surface area is 96.5 Å². The molecule has 4 nitrogen and oxygen atoms in total. The highest BCUT2D eigenvalue weighted by atomic mass is 16.2. The number of nitrogens with two attached hydrogens (primary N) is 1. The predicted octanol–water partition coefficient (Wildman–Crippen LogP) is 1.41. The number of carbonyl (C=O) groups excluding carboxylic acids is 1. The van der Waals surface area contributed by atoms with Gasteiger partial charge in [0.15, 0.2) is 0 Å². The normalized spacial score (nSPS) is 10.2. The van der Waals surface area contributed by atoms with Gasteiger partial charge in [-0.1, -0.05) is 13.3 Å². The summed E-state index contributed by atoms with van der Waals surface area (Å²) in [5, 5.41) is 0. The van der Waals surface area contributed by atoms with Crippen molar-refractivity contribution in [2.45, 2.75) is 26.3 Å². The molecule has 1 amide bonds. The number of amides is 1. The zero-order valence-corrected chi connectivity index (χ0v) is 9.94. The molecule has 0 aliphatic carbocycles. The lowest BCUT2D eigenvalue weighted by Crippen LogP contribution is -2.27. The smallest absolute Gasteiger partial charge is 0.253 e. The van der Waals surface area contributed by atoms with Gasteiger partial charge >= 0.3 is 0 Å². The number of nitrogens with zero attached hydrogens (tertiary/aromatic N) is 2. The third kappa shape index (κ3) is 3.31. The van der Waals surface area contributed by atoms with Crippen LogP contribution in [0.4, 0.5) is 0 Å². The maximum Gasteiger partial charge on any atom is 0.253 e. The minimum absolute atomic E-state index is 0.0329. The van der Waals surface area contributed by atoms with Gasteiger partial charge in [-0.2, -0.15) is 0 Å². The SMILES string of the molecule is CCCCN(C)C(=O)c1ccnc(CN)c1. The van der Waals surface area contributed by atoms with Crippen molar-refractivity contribution < 1.29 is 4.79 Å². The summed E-state index contributed by atoms with van der Waals surface area (Å²) in [7, 11) is 1.82. The van der Waals surface area contributed by atoms with E-state index in [4.69, 9.17) is 5.73 Å². The number of carbonyl (C=O) groups is 1. The Kier molecular flexibility index (Phi) is 4.92. The van der Waals surface area contributed by atoms with Gasteiger partial charge in [-0.15, -0.1) is 0 Å². The van der Waals surface area contributed by atoms with E-state index in [2.05, 4.69) is 11.9 Å². The summed E-state index contributed by atoms with van der Waals surface area (Å²) in [6, 6.07) is 3.48. The molecule has 4 heteroatoms. The summed E-state index contributed by atoms with van der Waals surface area (Å²) in [5.74, 6) is 0.0329. The Bertz CT molecular complexity index is 352. The fourth-order valence-electron chi connectivity index (χ4n) is 1.44. The number of hydrogen-bond donors (Lipinski definition) is 1. The highest BCUT2D eigenvalue weighted by Gasteiger charge is 2.11. The maximum atomic E-state index is 12.0. The van der Waals surface area contributed by atoms with Gasteiger partial charge < -0.3 is 10.6 Å².